The van der Waals surface area contributed by atoms with Crippen molar-refractivity contribution in [3.63, 3.8) is 0 Å². The van der Waals surface area contributed by atoms with Gasteiger partial charge in [0.2, 0.25) is 0 Å². The fraction of sp³-hybridized carbons (Fsp3) is 0. The fourth-order valence-electron chi connectivity index (χ4n) is 9.80. The smallest absolute Gasteiger partial charge is 0.180 e. The van der Waals surface area contributed by atoms with Gasteiger partial charge < -0.3 is 13.6 Å². The molecule has 5 heteroatoms. The van der Waals surface area contributed by atoms with Crippen molar-refractivity contribution in [1.29, 1.82) is 0 Å². The van der Waals surface area contributed by atoms with Gasteiger partial charge in [-0.15, -0.1) is 0 Å². The second-order valence-electron chi connectivity index (χ2n) is 16.1. The van der Waals surface area contributed by atoms with Gasteiger partial charge in [0.05, 0.1) is 27.8 Å². The Morgan fingerprint density at radius 1 is 0.365 bits per heavy atom. The van der Waals surface area contributed by atoms with Gasteiger partial charge in [-0.3, -0.25) is 0 Å². The van der Waals surface area contributed by atoms with Gasteiger partial charge in [-0.1, -0.05) is 158 Å². The topological polar surface area (TPSA) is 48.8 Å². The average Bonchev–Trinajstić information content (AvgIpc) is 4.02. The van der Waals surface area contributed by atoms with Crippen LogP contribution in [0.4, 0.5) is 0 Å². The number of para-hydroxylation sites is 4. The molecule has 0 unspecified atom stereocenters. The SMILES string of the molecule is c1ccc(-c2nc(-c3cc(-c4ccccc4)c(-n4c5ccccc5c5c6c7ccccc7n(-c7ccccc7)c6ccc54)c(-c4ccccc4)c3)c3oc4ccccc4c3n2)cc1. The first kappa shape index (κ1) is 35.2. The summed E-state index contributed by atoms with van der Waals surface area (Å²) in [5.41, 5.74) is 16.0. The van der Waals surface area contributed by atoms with Crippen molar-refractivity contribution < 1.29 is 4.42 Å². The molecule has 0 spiro atoms. The lowest BCUT2D eigenvalue weighted by Crippen LogP contribution is -2.02. The lowest BCUT2D eigenvalue weighted by Gasteiger charge is -2.21. The minimum atomic E-state index is 0.650. The molecule has 5 nitrogen and oxygen atoms in total. The Balaban J connectivity index is 1.18. The van der Waals surface area contributed by atoms with Crippen molar-refractivity contribution in [1.82, 2.24) is 19.1 Å². The highest BCUT2D eigenvalue weighted by molar-refractivity contribution is 6.29. The summed E-state index contributed by atoms with van der Waals surface area (Å²) >= 11 is 0. The standard InChI is InChI=1S/C58H36N4O/c1-5-19-37(20-6-1)45-35-40(54-57-55(44-29-15-18-32-51(44)63-57)60-58(59-54)39-23-9-3-10-24-39)36-46(38-21-7-2-8-22-38)56(45)62-48-31-17-14-28-43(48)53-50(62)34-33-49-52(53)42-27-13-16-30-47(42)61(49)41-25-11-4-12-26-41/h1-36H. The monoisotopic (exact) mass is 804 g/mol. The van der Waals surface area contributed by atoms with E-state index < -0.39 is 0 Å². The zero-order chi connectivity index (χ0) is 41.4. The van der Waals surface area contributed by atoms with Crippen LogP contribution in [0, 0.1) is 0 Å². The lowest BCUT2D eigenvalue weighted by atomic mass is 9.91. The molecule has 0 saturated carbocycles. The minimum absolute atomic E-state index is 0.650. The van der Waals surface area contributed by atoms with Gasteiger partial charge in [0.25, 0.3) is 0 Å². The Hall–Kier alpha value is -8.54. The zero-order valence-corrected chi connectivity index (χ0v) is 34.0. The van der Waals surface area contributed by atoms with Crippen LogP contribution in [0.3, 0.4) is 0 Å². The minimum Gasteiger partial charge on any atom is -0.452 e. The Kier molecular flexibility index (Phi) is 7.84. The van der Waals surface area contributed by atoms with E-state index in [0.717, 1.165) is 78.0 Å². The second-order valence-corrected chi connectivity index (χ2v) is 16.1. The zero-order valence-electron chi connectivity index (χ0n) is 34.0. The van der Waals surface area contributed by atoms with Crippen molar-refractivity contribution in [2.24, 2.45) is 0 Å². The van der Waals surface area contributed by atoms with Crippen molar-refractivity contribution in [3.05, 3.63) is 218 Å². The number of furan rings is 1. The maximum Gasteiger partial charge on any atom is 0.180 e. The van der Waals surface area contributed by atoms with E-state index in [0.29, 0.717) is 11.4 Å². The van der Waals surface area contributed by atoms with E-state index >= 15 is 0 Å². The normalized spacial score (nSPS) is 11.8. The summed E-state index contributed by atoms with van der Waals surface area (Å²) in [5.74, 6) is 0.650. The van der Waals surface area contributed by atoms with Crippen LogP contribution < -0.4 is 0 Å². The van der Waals surface area contributed by atoms with Crippen LogP contribution in [0.2, 0.25) is 0 Å². The van der Waals surface area contributed by atoms with Crippen LogP contribution in [-0.4, -0.2) is 19.1 Å². The molecule has 0 atom stereocenters. The molecular weight excluding hydrogens is 769 g/mol. The van der Waals surface area contributed by atoms with Gasteiger partial charge >= 0.3 is 0 Å². The number of benzene rings is 9. The largest absolute Gasteiger partial charge is 0.452 e. The van der Waals surface area contributed by atoms with Gasteiger partial charge in [0.1, 0.15) is 16.8 Å². The number of rotatable bonds is 6. The first-order valence-electron chi connectivity index (χ1n) is 21.3. The van der Waals surface area contributed by atoms with Gasteiger partial charge in [0, 0.05) is 54.9 Å². The Morgan fingerprint density at radius 3 is 1.44 bits per heavy atom. The highest BCUT2D eigenvalue weighted by Crippen LogP contribution is 2.48. The molecule has 0 saturated heterocycles. The summed E-state index contributed by atoms with van der Waals surface area (Å²) in [5, 5.41) is 5.84. The first-order chi connectivity index (χ1) is 31.3. The van der Waals surface area contributed by atoms with Gasteiger partial charge in [0.15, 0.2) is 11.4 Å². The summed E-state index contributed by atoms with van der Waals surface area (Å²) < 4.78 is 11.6. The van der Waals surface area contributed by atoms with Crippen molar-refractivity contribution >= 4 is 65.7 Å². The number of fused-ring (bicyclic) bond motifs is 10. The summed E-state index contributed by atoms with van der Waals surface area (Å²) in [6, 6.07) is 77.5. The van der Waals surface area contributed by atoms with E-state index in [1.165, 1.54) is 32.6 Å². The average molecular weight is 805 g/mol. The molecule has 63 heavy (non-hydrogen) atoms. The number of aromatic nitrogens is 4. The summed E-state index contributed by atoms with van der Waals surface area (Å²) in [6.07, 6.45) is 0. The van der Waals surface area contributed by atoms with Crippen LogP contribution in [0.25, 0.3) is 122 Å². The first-order valence-corrected chi connectivity index (χ1v) is 21.3. The van der Waals surface area contributed by atoms with E-state index in [1.807, 2.05) is 36.4 Å². The van der Waals surface area contributed by atoms with Crippen LogP contribution in [0.5, 0.6) is 0 Å². The molecule has 0 radical (unpaired) electrons. The predicted molar refractivity (Wildman–Crippen MR) is 260 cm³/mol. The van der Waals surface area contributed by atoms with Gasteiger partial charge in [-0.2, -0.15) is 0 Å². The van der Waals surface area contributed by atoms with E-state index in [9.17, 15) is 0 Å². The molecule has 4 aromatic heterocycles. The Labute approximate surface area is 362 Å². The molecule has 13 rings (SSSR count). The summed E-state index contributed by atoms with van der Waals surface area (Å²) in [7, 11) is 0. The molecule has 0 amide bonds. The maximum atomic E-state index is 6.72. The lowest BCUT2D eigenvalue weighted by molar-refractivity contribution is 0.667. The number of hydrogen-bond acceptors (Lipinski definition) is 3. The predicted octanol–water partition coefficient (Wildman–Crippen LogP) is 15.2. The molecular formula is C58H36N4O. The molecule has 4 heterocycles. The Bertz CT molecular complexity index is 3820. The third-order valence-corrected chi connectivity index (χ3v) is 12.5. The van der Waals surface area contributed by atoms with Crippen LogP contribution in [0.15, 0.2) is 223 Å². The quantitative estimate of drug-likeness (QED) is 0.168. The van der Waals surface area contributed by atoms with E-state index in [4.69, 9.17) is 14.4 Å². The van der Waals surface area contributed by atoms with Crippen LogP contribution in [-0.2, 0) is 0 Å². The molecule has 9 aromatic carbocycles. The molecule has 13 aromatic rings. The van der Waals surface area contributed by atoms with E-state index in [-0.39, 0.29) is 0 Å². The van der Waals surface area contributed by atoms with Crippen LogP contribution >= 0.6 is 0 Å². The Morgan fingerprint density at radius 2 is 0.841 bits per heavy atom. The molecule has 0 bridgehead atoms. The van der Waals surface area contributed by atoms with Crippen molar-refractivity contribution in [2.45, 2.75) is 0 Å². The van der Waals surface area contributed by atoms with Gasteiger partial charge in [-0.05, 0) is 71.8 Å². The molecule has 0 aliphatic rings. The number of nitrogens with zero attached hydrogens (tertiary/aromatic N) is 4. The van der Waals surface area contributed by atoms with E-state index in [1.54, 1.807) is 0 Å². The molecule has 0 fully saturated rings. The third kappa shape index (κ3) is 5.43. The summed E-state index contributed by atoms with van der Waals surface area (Å²) in [4.78, 5) is 10.5. The van der Waals surface area contributed by atoms with Crippen molar-refractivity contribution in [3.8, 4) is 56.3 Å². The van der Waals surface area contributed by atoms with Crippen molar-refractivity contribution in [2.75, 3.05) is 0 Å². The second kappa shape index (κ2) is 14.0. The summed E-state index contributed by atoms with van der Waals surface area (Å²) in [6.45, 7) is 0. The van der Waals surface area contributed by atoms with Gasteiger partial charge in [-0.25, -0.2) is 9.97 Å². The fourth-order valence-corrected chi connectivity index (χ4v) is 9.80. The molecule has 0 N–H and O–H groups in total. The van der Waals surface area contributed by atoms with E-state index in [2.05, 4.69) is 191 Å². The highest BCUT2D eigenvalue weighted by Gasteiger charge is 2.26. The molecule has 294 valence electrons. The third-order valence-electron chi connectivity index (χ3n) is 12.5. The molecule has 0 aliphatic heterocycles. The maximum absolute atomic E-state index is 6.72. The van der Waals surface area contributed by atoms with Crippen LogP contribution in [0.1, 0.15) is 0 Å². The molecule has 0 aliphatic carbocycles. The number of hydrogen-bond donors (Lipinski definition) is 0. The highest BCUT2D eigenvalue weighted by atomic mass is 16.3.